The Morgan fingerprint density at radius 1 is 1.18 bits per heavy atom. The average Bonchev–Trinajstić information content (AvgIpc) is 2.66. The number of hydrogen-bond acceptors (Lipinski definition) is 4. The van der Waals surface area contributed by atoms with Gasteiger partial charge in [-0.1, -0.05) is 0 Å². The van der Waals surface area contributed by atoms with E-state index in [2.05, 4.69) is 15.4 Å². The van der Waals surface area contributed by atoms with Gasteiger partial charge in [-0.25, -0.2) is 12.8 Å². The number of hydrogen-bond donors (Lipinski definition) is 3. The van der Waals surface area contributed by atoms with Gasteiger partial charge >= 0.3 is 0 Å². The van der Waals surface area contributed by atoms with Crippen LogP contribution in [0, 0.1) is 12.7 Å². The van der Waals surface area contributed by atoms with Gasteiger partial charge in [-0.2, -0.15) is 0 Å². The molecule has 7 nitrogen and oxygen atoms in total. The van der Waals surface area contributed by atoms with Crippen LogP contribution in [-0.2, 0) is 14.8 Å². The predicted octanol–water partition coefficient (Wildman–Crippen LogP) is 1.94. The molecule has 3 N–H and O–H groups in total. The van der Waals surface area contributed by atoms with Crippen LogP contribution in [0.15, 0.2) is 47.4 Å². The molecular weight excluding hydrogens is 385 g/mol. The van der Waals surface area contributed by atoms with E-state index >= 15 is 0 Å². The van der Waals surface area contributed by atoms with Gasteiger partial charge in [0, 0.05) is 17.8 Å². The van der Waals surface area contributed by atoms with Gasteiger partial charge < -0.3 is 10.6 Å². The Bertz CT molecular complexity index is 1010. The van der Waals surface area contributed by atoms with E-state index in [1.165, 1.54) is 43.3 Å². The van der Waals surface area contributed by atoms with E-state index in [1.807, 2.05) is 0 Å². The third-order valence-electron chi connectivity index (χ3n) is 4.43. The number of benzene rings is 2. The Balaban J connectivity index is 1.69. The number of sulfonamides is 1. The minimum atomic E-state index is -3.89. The fraction of sp³-hybridized carbons (Fsp3) is 0.263. The van der Waals surface area contributed by atoms with Crippen LogP contribution in [0.25, 0.3) is 0 Å². The van der Waals surface area contributed by atoms with E-state index in [-0.39, 0.29) is 22.1 Å². The average molecular weight is 405 g/mol. The van der Waals surface area contributed by atoms with Crippen LogP contribution in [0.1, 0.15) is 28.8 Å². The molecule has 0 aliphatic carbocycles. The predicted molar refractivity (Wildman–Crippen MR) is 102 cm³/mol. The first-order valence-electron chi connectivity index (χ1n) is 8.74. The molecule has 0 spiro atoms. The summed E-state index contributed by atoms with van der Waals surface area (Å²) >= 11 is 0. The first-order chi connectivity index (χ1) is 13.3. The molecule has 2 aromatic carbocycles. The molecule has 1 saturated heterocycles. The Morgan fingerprint density at radius 3 is 2.54 bits per heavy atom. The lowest BCUT2D eigenvalue weighted by molar-refractivity contribution is -0.124. The standard InChI is InChI=1S/C19H20FN3O4S/c1-12-11-15(8-9-16(12)20)28(26,27)23-14-6-4-13(5-7-14)18(24)22-17-3-2-10-21-19(17)25/h4-9,11,17,23H,2-3,10H2,1H3,(H,21,25)(H,22,24). The molecule has 2 aromatic rings. The molecule has 1 heterocycles. The first kappa shape index (κ1) is 19.8. The van der Waals surface area contributed by atoms with Crippen molar-refractivity contribution in [2.24, 2.45) is 0 Å². The van der Waals surface area contributed by atoms with E-state index in [0.29, 0.717) is 18.5 Å². The summed E-state index contributed by atoms with van der Waals surface area (Å²) in [6.45, 7) is 2.09. The van der Waals surface area contributed by atoms with Crippen LogP contribution in [0.3, 0.4) is 0 Å². The zero-order valence-electron chi connectivity index (χ0n) is 15.2. The molecule has 9 heteroatoms. The molecular formula is C19H20FN3O4S. The van der Waals surface area contributed by atoms with Crippen molar-refractivity contribution in [1.29, 1.82) is 0 Å². The molecule has 0 saturated carbocycles. The zero-order valence-corrected chi connectivity index (χ0v) is 16.0. The van der Waals surface area contributed by atoms with Crippen LogP contribution >= 0.6 is 0 Å². The van der Waals surface area contributed by atoms with E-state index in [0.717, 1.165) is 12.5 Å². The lowest BCUT2D eigenvalue weighted by Crippen LogP contribution is -2.50. The molecule has 2 amide bonds. The largest absolute Gasteiger partial charge is 0.354 e. The van der Waals surface area contributed by atoms with Crippen molar-refractivity contribution in [3.63, 3.8) is 0 Å². The van der Waals surface area contributed by atoms with Gasteiger partial charge in [-0.05, 0) is 67.8 Å². The van der Waals surface area contributed by atoms with E-state index < -0.39 is 27.8 Å². The molecule has 0 aromatic heterocycles. The fourth-order valence-corrected chi connectivity index (χ4v) is 3.98. The summed E-state index contributed by atoms with van der Waals surface area (Å²) in [4.78, 5) is 23.9. The van der Waals surface area contributed by atoms with Crippen LogP contribution in [0.4, 0.5) is 10.1 Å². The molecule has 1 unspecified atom stereocenters. The molecule has 1 aliphatic rings. The van der Waals surface area contributed by atoms with Crippen molar-refractivity contribution in [2.45, 2.75) is 30.7 Å². The molecule has 3 rings (SSSR count). The second kappa shape index (κ2) is 7.97. The lowest BCUT2D eigenvalue weighted by Gasteiger charge is -2.22. The maximum absolute atomic E-state index is 13.3. The summed E-state index contributed by atoms with van der Waals surface area (Å²) in [5.74, 6) is -1.11. The first-order valence-corrected chi connectivity index (χ1v) is 10.2. The summed E-state index contributed by atoms with van der Waals surface area (Å²) in [5.41, 5.74) is 0.787. The molecule has 1 aliphatic heterocycles. The lowest BCUT2D eigenvalue weighted by atomic mass is 10.1. The third kappa shape index (κ3) is 4.48. The van der Waals surface area contributed by atoms with Crippen LogP contribution in [-0.4, -0.2) is 32.8 Å². The maximum Gasteiger partial charge on any atom is 0.261 e. The second-order valence-corrected chi connectivity index (χ2v) is 8.24. The van der Waals surface area contributed by atoms with E-state index in [9.17, 15) is 22.4 Å². The summed E-state index contributed by atoms with van der Waals surface area (Å²) in [6, 6.07) is 8.78. The normalized spacial score (nSPS) is 16.9. The number of carbonyl (C=O) groups is 2. The van der Waals surface area contributed by atoms with E-state index in [4.69, 9.17) is 0 Å². The highest BCUT2D eigenvalue weighted by molar-refractivity contribution is 7.92. The number of rotatable bonds is 5. The molecule has 148 valence electrons. The molecule has 0 bridgehead atoms. The van der Waals surface area contributed by atoms with Crippen molar-refractivity contribution in [1.82, 2.24) is 10.6 Å². The maximum atomic E-state index is 13.3. The van der Waals surface area contributed by atoms with Crippen LogP contribution < -0.4 is 15.4 Å². The number of anilines is 1. The van der Waals surface area contributed by atoms with Gasteiger partial charge in [0.1, 0.15) is 11.9 Å². The number of amides is 2. The molecule has 1 fully saturated rings. The molecule has 0 radical (unpaired) electrons. The molecule has 1 atom stereocenters. The Kier molecular flexibility index (Phi) is 5.64. The highest BCUT2D eigenvalue weighted by Crippen LogP contribution is 2.19. The van der Waals surface area contributed by atoms with Crippen molar-refractivity contribution in [2.75, 3.05) is 11.3 Å². The minimum absolute atomic E-state index is 0.0588. The number of piperidine rings is 1. The SMILES string of the molecule is Cc1cc(S(=O)(=O)Nc2ccc(C(=O)NC3CCCNC3=O)cc2)ccc1F. The van der Waals surface area contributed by atoms with Crippen LogP contribution in [0.2, 0.25) is 0 Å². The Hall–Kier alpha value is -2.94. The fourth-order valence-electron chi connectivity index (χ4n) is 2.84. The van der Waals surface area contributed by atoms with Gasteiger partial charge in [0.05, 0.1) is 4.90 Å². The van der Waals surface area contributed by atoms with E-state index in [1.54, 1.807) is 0 Å². The summed E-state index contributed by atoms with van der Waals surface area (Å²) in [6.07, 6.45) is 1.37. The summed E-state index contributed by atoms with van der Waals surface area (Å²) < 4.78 is 40.6. The smallest absolute Gasteiger partial charge is 0.261 e. The minimum Gasteiger partial charge on any atom is -0.354 e. The zero-order chi connectivity index (χ0) is 20.3. The van der Waals surface area contributed by atoms with Gasteiger partial charge in [0.25, 0.3) is 15.9 Å². The monoisotopic (exact) mass is 405 g/mol. The van der Waals surface area contributed by atoms with Crippen LogP contribution in [0.5, 0.6) is 0 Å². The van der Waals surface area contributed by atoms with Gasteiger partial charge in [0.15, 0.2) is 0 Å². The highest BCUT2D eigenvalue weighted by Gasteiger charge is 2.24. The van der Waals surface area contributed by atoms with Crippen molar-refractivity contribution in [3.05, 3.63) is 59.4 Å². The summed E-state index contributed by atoms with van der Waals surface area (Å²) in [7, 11) is -3.89. The number of carbonyl (C=O) groups excluding carboxylic acids is 2. The second-order valence-electron chi connectivity index (χ2n) is 6.55. The van der Waals surface area contributed by atoms with Crippen molar-refractivity contribution in [3.8, 4) is 0 Å². The highest BCUT2D eigenvalue weighted by atomic mass is 32.2. The Labute approximate surface area is 162 Å². The summed E-state index contributed by atoms with van der Waals surface area (Å²) in [5, 5.41) is 5.36. The van der Waals surface area contributed by atoms with Gasteiger partial charge in [-0.3, -0.25) is 14.3 Å². The van der Waals surface area contributed by atoms with Crippen molar-refractivity contribution >= 4 is 27.5 Å². The number of nitrogens with one attached hydrogen (secondary N) is 3. The quantitative estimate of drug-likeness (QED) is 0.707. The van der Waals surface area contributed by atoms with Crippen molar-refractivity contribution < 1.29 is 22.4 Å². The van der Waals surface area contributed by atoms with Gasteiger partial charge in [0.2, 0.25) is 5.91 Å². The molecule has 28 heavy (non-hydrogen) atoms. The Morgan fingerprint density at radius 2 is 1.89 bits per heavy atom. The third-order valence-corrected chi connectivity index (χ3v) is 5.81. The topological polar surface area (TPSA) is 104 Å². The van der Waals surface area contributed by atoms with Gasteiger partial charge in [-0.15, -0.1) is 0 Å². The number of aryl methyl sites for hydroxylation is 1. The number of halogens is 1.